The summed E-state index contributed by atoms with van der Waals surface area (Å²) in [5.74, 6) is 0. The van der Waals surface area contributed by atoms with Gasteiger partial charge in [0.15, 0.2) is 0 Å². The van der Waals surface area contributed by atoms with Crippen molar-refractivity contribution in [3.8, 4) is 0 Å². The molecule has 0 atom stereocenters. The van der Waals surface area contributed by atoms with Gasteiger partial charge in [0.2, 0.25) is 0 Å². The van der Waals surface area contributed by atoms with Gasteiger partial charge in [0.1, 0.15) is 0 Å². The quantitative estimate of drug-likeness (QED) is 0.745. The van der Waals surface area contributed by atoms with Crippen molar-refractivity contribution < 1.29 is 5.11 Å². The summed E-state index contributed by atoms with van der Waals surface area (Å²) in [4.78, 5) is 18.5. The third-order valence-electron chi connectivity index (χ3n) is 2.56. The molecule has 0 spiro atoms. The molecule has 3 N–H and O–H groups in total. The second kappa shape index (κ2) is 3.92. The second-order valence-electron chi connectivity index (χ2n) is 4.98. The van der Waals surface area contributed by atoms with Crippen LogP contribution in [0.4, 0.5) is 5.69 Å². The lowest BCUT2D eigenvalue weighted by atomic mass is 10.1. The number of aliphatic hydroxyl groups is 1. The van der Waals surface area contributed by atoms with Crippen molar-refractivity contribution in [2.24, 2.45) is 0 Å². The Morgan fingerprint density at radius 2 is 1.94 bits per heavy atom. The van der Waals surface area contributed by atoms with E-state index in [1.165, 1.54) is 0 Å². The Balaban J connectivity index is 2.32. The first-order valence-electron chi connectivity index (χ1n) is 5.51. The Morgan fingerprint density at radius 1 is 1.29 bits per heavy atom. The number of hydrogen-bond acceptors (Lipinski definition) is 3. The van der Waals surface area contributed by atoms with Crippen LogP contribution in [0.25, 0.3) is 11.0 Å². The lowest BCUT2D eigenvalue weighted by Crippen LogP contribution is -2.36. The third kappa shape index (κ3) is 2.68. The van der Waals surface area contributed by atoms with Crippen LogP contribution in [-0.4, -0.2) is 34.3 Å². The summed E-state index contributed by atoms with van der Waals surface area (Å²) in [5.41, 5.74) is 1.55. The van der Waals surface area contributed by atoms with Crippen molar-refractivity contribution in [2.75, 3.05) is 18.5 Å². The average molecular weight is 235 g/mol. The number of aromatic nitrogens is 2. The van der Waals surface area contributed by atoms with E-state index in [2.05, 4.69) is 9.97 Å². The monoisotopic (exact) mass is 235 g/mol. The first kappa shape index (κ1) is 11.7. The van der Waals surface area contributed by atoms with E-state index in [4.69, 9.17) is 0 Å². The van der Waals surface area contributed by atoms with E-state index in [0.717, 1.165) is 16.7 Å². The largest absolute Gasteiger partial charge is 0.389 e. The molecule has 1 heterocycles. The second-order valence-corrected chi connectivity index (χ2v) is 4.98. The summed E-state index contributed by atoms with van der Waals surface area (Å²) in [6.07, 6.45) is 0. The zero-order chi connectivity index (χ0) is 12.6. The molecule has 0 unspecified atom stereocenters. The predicted octanol–water partition coefficient (Wildman–Crippen LogP) is 1.06. The SMILES string of the molecule is CN(CC(C)(C)O)c1ccc2[nH]c(=O)[nH]c2c1. The fourth-order valence-corrected chi connectivity index (χ4v) is 1.93. The van der Waals surface area contributed by atoms with Gasteiger partial charge in [-0.25, -0.2) is 4.79 Å². The van der Waals surface area contributed by atoms with Crippen LogP contribution in [-0.2, 0) is 0 Å². The Morgan fingerprint density at radius 3 is 2.59 bits per heavy atom. The van der Waals surface area contributed by atoms with Crippen LogP contribution in [0.5, 0.6) is 0 Å². The number of nitrogens with zero attached hydrogens (tertiary/aromatic N) is 1. The molecule has 5 heteroatoms. The van der Waals surface area contributed by atoms with E-state index in [0.29, 0.717) is 6.54 Å². The van der Waals surface area contributed by atoms with Crippen LogP contribution in [0.15, 0.2) is 23.0 Å². The van der Waals surface area contributed by atoms with Crippen LogP contribution in [0, 0.1) is 0 Å². The van der Waals surface area contributed by atoms with Crippen LogP contribution in [0.1, 0.15) is 13.8 Å². The molecule has 1 aromatic heterocycles. The van der Waals surface area contributed by atoms with Crippen molar-refractivity contribution in [1.82, 2.24) is 9.97 Å². The van der Waals surface area contributed by atoms with Gasteiger partial charge in [-0.1, -0.05) is 0 Å². The van der Waals surface area contributed by atoms with Gasteiger partial charge in [0.05, 0.1) is 16.6 Å². The summed E-state index contributed by atoms with van der Waals surface area (Å²) in [5, 5.41) is 9.76. The zero-order valence-electron chi connectivity index (χ0n) is 10.2. The number of imidazole rings is 1. The van der Waals surface area contributed by atoms with E-state index < -0.39 is 5.60 Å². The minimum Gasteiger partial charge on any atom is -0.389 e. The average Bonchev–Trinajstić information content (AvgIpc) is 2.53. The minimum absolute atomic E-state index is 0.206. The number of likely N-dealkylation sites (N-methyl/N-ethyl adjacent to an activating group) is 1. The van der Waals surface area contributed by atoms with Crippen molar-refractivity contribution in [3.63, 3.8) is 0 Å². The van der Waals surface area contributed by atoms with Gasteiger partial charge in [-0.15, -0.1) is 0 Å². The van der Waals surface area contributed by atoms with Crippen LogP contribution < -0.4 is 10.6 Å². The van der Waals surface area contributed by atoms with Gasteiger partial charge in [-0.2, -0.15) is 0 Å². The zero-order valence-corrected chi connectivity index (χ0v) is 10.2. The highest BCUT2D eigenvalue weighted by Crippen LogP contribution is 2.19. The molecule has 2 rings (SSSR count). The van der Waals surface area contributed by atoms with Crippen LogP contribution >= 0.6 is 0 Å². The van der Waals surface area contributed by atoms with E-state index in [-0.39, 0.29) is 5.69 Å². The molecule has 92 valence electrons. The summed E-state index contributed by atoms with van der Waals surface area (Å²) >= 11 is 0. The fraction of sp³-hybridized carbons (Fsp3) is 0.417. The van der Waals surface area contributed by atoms with Gasteiger partial charge in [-0.05, 0) is 32.0 Å². The normalized spacial score (nSPS) is 12.0. The molecular formula is C12H17N3O2. The van der Waals surface area contributed by atoms with Gasteiger partial charge >= 0.3 is 5.69 Å². The Hall–Kier alpha value is -1.75. The van der Waals surface area contributed by atoms with Gasteiger partial charge in [0.25, 0.3) is 0 Å². The molecule has 0 bridgehead atoms. The molecule has 1 aromatic carbocycles. The predicted molar refractivity (Wildman–Crippen MR) is 68.5 cm³/mol. The topological polar surface area (TPSA) is 72.1 Å². The maximum atomic E-state index is 11.1. The third-order valence-corrected chi connectivity index (χ3v) is 2.56. The lowest BCUT2D eigenvalue weighted by Gasteiger charge is -2.27. The van der Waals surface area contributed by atoms with E-state index in [9.17, 15) is 9.90 Å². The molecule has 0 radical (unpaired) electrons. The molecule has 0 fully saturated rings. The highest BCUT2D eigenvalue weighted by Gasteiger charge is 2.16. The molecule has 0 aliphatic carbocycles. The summed E-state index contributed by atoms with van der Waals surface area (Å²) in [7, 11) is 1.91. The van der Waals surface area contributed by atoms with Crippen molar-refractivity contribution in [2.45, 2.75) is 19.4 Å². The van der Waals surface area contributed by atoms with Crippen LogP contribution in [0.2, 0.25) is 0 Å². The van der Waals surface area contributed by atoms with Gasteiger partial charge in [0, 0.05) is 19.3 Å². The smallest absolute Gasteiger partial charge is 0.323 e. The molecule has 2 aromatic rings. The van der Waals surface area contributed by atoms with Gasteiger partial charge in [-0.3, -0.25) is 0 Å². The number of aromatic amines is 2. The number of benzene rings is 1. The van der Waals surface area contributed by atoms with Crippen molar-refractivity contribution >= 4 is 16.7 Å². The number of hydrogen-bond donors (Lipinski definition) is 3. The minimum atomic E-state index is -0.755. The number of rotatable bonds is 3. The Bertz CT molecular complexity index is 577. The molecule has 0 aliphatic heterocycles. The van der Waals surface area contributed by atoms with E-state index in [1.54, 1.807) is 13.8 Å². The highest BCUT2D eigenvalue weighted by atomic mass is 16.3. The van der Waals surface area contributed by atoms with E-state index >= 15 is 0 Å². The Kier molecular flexibility index (Phi) is 2.71. The first-order chi connectivity index (χ1) is 7.85. The first-order valence-corrected chi connectivity index (χ1v) is 5.51. The van der Waals surface area contributed by atoms with Crippen molar-refractivity contribution in [3.05, 3.63) is 28.7 Å². The summed E-state index contributed by atoms with van der Waals surface area (Å²) in [6.45, 7) is 4.05. The lowest BCUT2D eigenvalue weighted by molar-refractivity contribution is 0.0886. The van der Waals surface area contributed by atoms with Crippen LogP contribution in [0.3, 0.4) is 0 Å². The highest BCUT2D eigenvalue weighted by molar-refractivity contribution is 5.78. The van der Waals surface area contributed by atoms with Crippen molar-refractivity contribution in [1.29, 1.82) is 0 Å². The maximum absolute atomic E-state index is 11.1. The molecule has 0 aliphatic rings. The molecule has 5 nitrogen and oxygen atoms in total. The number of H-pyrrole nitrogens is 2. The molecule has 0 saturated heterocycles. The number of fused-ring (bicyclic) bond motifs is 1. The maximum Gasteiger partial charge on any atom is 0.323 e. The standard InChI is InChI=1S/C12H17N3O2/c1-12(2,17)7-15(3)8-4-5-9-10(6-8)14-11(16)13-9/h4-6,17H,7H2,1-3H3,(H2,13,14,16). The Labute approximate surface area is 99.1 Å². The number of nitrogens with one attached hydrogen (secondary N) is 2. The molecule has 17 heavy (non-hydrogen) atoms. The summed E-state index contributed by atoms with van der Waals surface area (Å²) < 4.78 is 0. The number of anilines is 1. The molecule has 0 saturated carbocycles. The molecular weight excluding hydrogens is 218 g/mol. The summed E-state index contributed by atoms with van der Waals surface area (Å²) in [6, 6.07) is 5.65. The van der Waals surface area contributed by atoms with E-state index in [1.807, 2.05) is 30.1 Å². The van der Waals surface area contributed by atoms with Gasteiger partial charge < -0.3 is 20.0 Å². The fourth-order valence-electron chi connectivity index (χ4n) is 1.93. The molecule has 0 amide bonds.